The summed E-state index contributed by atoms with van der Waals surface area (Å²) in [6.07, 6.45) is 0.937. The number of thiophene rings is 1. The van der Waals surface area contributed by atoms with E-state index in [4.69, 9.17) is 0 Å². The van der Waals surface area contributed by atoms with Crippen LogP contribution in [0.15, 0.2) is 12.1 Å². The Labute approximate surface area is 129 Å². The van der Waals surface area contributed by atoms with Gasteiger partial charge >= 0.3 is 5.00 Å². The van der Waals surface area contributed by atoms with Crippen molar-refractivity contribution in [2.75, 3.05) is 38.1 Å². The monoisotopic (exact) mass is 361 g/mol. The molecule has 6 nitrogen and oxygen atoms in total. The summed E-state index contributed by atoms with van der Waals surface area (Å²) in [7, 11) is 0. The van der Waals surface area contributed by atoms with Gasteiger partial charge in [0.15, 0.2) is 0 Å². The van der Waals surface area contributed by atoms with Gasteiger partial charge in [-0.3, -0.25) is 14.9 Å². The van der Waals surface area contributed by atoms with Gasteiger partial charge in [0.05, 0.1) is 9.80 Å². The summed E-state index contributed by atoms with van der Waals surface area (Å²) < 4.78 is 0. The Morgan fingerprint density at radius 2 is 2.15 bits per heavy atom. The van der Waals surface area contributed by atoms with Gasteiger partial charge in [0.1, 0.15) is 0 Å². The van der Waals surface area contributed by atoms with Crippen LogP contribution in [-0.2, 0) is 0 Å². The fraction of sp³-hybridized carbons (Fsp3) is 0.583. The van der Waals surface area contributed by atoms with Gasteiger partial charge in [-0.1, -0.05) is 27.3 Å². The average Bonchev–Trinajstić information content (AvgIpc) is 2.80. The zero-order valence-corrected chi connectivity index (χ0v) is 13.4. The van der Waals surface area contributed by atoms with E-state index < -0.39 is 4.92 Å². The first-order valence-electron chi connectivity index (χ1n) is 6.43. The number of amides is 1. The zero-order valence-electron chi connectivity index (χ0n) is 11.0. The van der Waals surface area contributed by atoms with Gasteiger partial charge in [-0.2, -0.15) is 0 Å². The predicted octanol–water partition coefficient (Wildman–Crippen LogP) is 2.20. The number of carbonyl (C=O) groups excluding carboxylic acids is 1. The molecule has 2 rings (SSSR count). The standard InChI is InChI=1S/C12H16BrN3O3S/c13-4-7-14-5-1-6-15(9-8-14)12(17)10-2-3-11(20-10)16(18)19/h2-3H,1,4-9H2. The normalized spacial score (nSPS) is 16.9. The molecule has 0 N–H and O–H groups in total. The molecule has 1 saturated heterocycles. The summed E-state index contributed by atoms with van der Waals surface area (Å²) in [6.45, 7) is 4.21. The molecule has 110 valence electrons. The molecule has 1 aromatic rings. The van der Waals surface area contributed by atoms with Crippen molar-refractivity contribution in [3.63, 3.8) is 0 Å². The van der Waals surface area contributed by atoms with E-state index in [1.165, 1.54) is 6.07 Å². The first-order valence-corrected chi connectivity index (χ1v) is 8.37. The number of nitro groups is 1. The van der Waals surface area contributed by atoms with Crippen LogP contribution < -0.4 is 0 Å². The molecule has 8 heteroatoms. The fourth-order valence-corrected chi connectivity index (χ4v) is 3.50. The maximum Gasteiger partial charge on any atom is 0.324 e. The number of halogens is 1. The lowest BCUT2D eigenvalue weighted by atomic mass is 10.3. The van der Waals surface area contributed by atoms with Crippen molar-refractivity contribution in [2.24, 2.45) is 0 Å². The van der Waals surface area contributed by atoms with E-state index in [2.05, 4.69) is 20.8 Å². The topological polar surface area (TPSA) is 66.7 Å². The molecule has 0 atom stereocenters. The largest absolute Gasteiger partial charge is 0.337 e. The van der Waals surface area contributed by atoms with E-state index >= 15 is 0 Å². The van der Waals surface area contributed by atoms with E-state index in [1.54, 1.807) is 11.0 Å². The summed E-state index contributed by atoms with van der Waals surface area (Å²) in [6, 6.07) is 2.94. The average molecular weight is 362 g/mol. The Hall–Kier alpha value is -0.990. The number of hydrogen-bond donors (Lipinski definition) is 0. The Morgan fingerprint density at radius 3 is 2.80 bits per heavy atom. The Morgan fingerprint density at radius 1 is 1.35 bits per heavy atom. The summed E-state index contributed by atoms with van der Waals surface area (Å²) in [4.78, 5) is 27.1. The molecule has 0 radical (unpaired) electrons. The molecular weight excluding hydrogens is 346 g/mol. The van der Waals surface area contributed by atoms with E-state index in [0.717, 1.165) is 42.7 Å². The van der Waals surface area contributed by atoms with Crippen molar-refractivity contribution in [2.45, 2.75) is 6.42 Å². The Bertz CT molecular complexity index is 494. The number of hydrogen-bond acceptors (Lipinski definition) is 5. The van der Waals surface area contributed by atoms with Crippen LogP contribution in [0, 0.1) is 10.1 Å². The molecular formula is C12H16BrN3O3S. The third-order valence-electron chi connectivity index (χ3n) is 3.26. The van der Waals surface area contributed by atoms with Gasteiger partial charge in [-0.15, -0.1) is 0 Å². The lowest BCUT2D eigenvalue weighted by Crippen LogP contribution is -2.35. The van der Waals surface area contributed by atoms with Crippen molar-refractivity contribution in [3.05, 3.63) is 27.1 Å². The molecule has 0 aromatic carbocycles. The van der Waals surface area contributed by atoms with E-state index in [0.29, 0.717) is 18.0 Å². The molecule has 2 heterocycles. The van der Waals surface area contributed by atoms with Crippen molar-refractivity contribution in [1.82, 2.24) is 9.80 Å². The van der Waals surface area contributed by atoms with E-state index in [-0.39, 0.29) is 10.9 Å². The smallest absolute Gasteiger partial charge is 0.324 e. The lowest BCUT2D eigenvalue weighted by molar-refractivity contribution is -0.380. The van der Waals surface area contributed by atoms with Gasteiger partial charge in [-0.05, 0) is 19.0 Å². The van der Waals surface area contributed by atoms with Gasteiger partial charge in [-0.25, -0.2) is 0 Å². The highest BCUT2D eigenvalue weighted by Gasteiger charge is 2.23. The molecule has 0 aliphatic carbocycles. The first kappa shape index (κ1) is 15.4. The van der Waals surface area contributed by atoms with E-state index in [1.807, 2.05) is 0 Å². The van der Waals surface area contributed by atoms with E-state index in [9.17, 15) is 14.9 Å². The minimum atomic E-state index is -0.457. The fourth-order valence-electron chi connectivity index (χ4n) is 2.21. The van der Waals surface area contributed by atoms with Crippen molar-refractivity contribution >= 4 is 38.2 Å². The first-order chi connectivity index (χ1) is 9.61. The number of nitrogens with zero attached hydrogens (tertiary/aromatic N) is 3. The molecule has 1 aliphatic rings. The van der Waals surface area contributed by atoms with Crippen LogP contribution in [0.1, 0.15) is 16.1 Å². The third-order valence-corrected chi connectivity index (χ3v) is 4.64. The van der Waals surface area contributed by atoms with Gasteiger partial charge in [0.25, 0.3) is 5.91 Å². The molecule has 1 aromatic heterocycles. The number of rotatable bonds is 4. The van der Waals surface area contributed by atoms with Crippen LogP contribution in [0.2, 0.25) is 0 Å². The molecule has 1 amide bonds. The highest BCUT2D eigenvalue weighted by atomic mass is 79.9. The van der Waals surface area contributed by atoms with Crippen LogP contribution in [0.5, 0.6) is 0 Å². The number of alkyl halides is 1. The molecule has 0 unspecified atom stereocenters. The summed E-state index contributed by atoms with van der Waals surface area (Å²) >= 11 is 4.37. The Kier molecular flexibility index (Phi) is 5.50. The van der Waals surface area contributed by atoms with Crippen LogP contribution in [0.25, 0.3) is 0 Å². The van der Waals surface area contributed by atoms with Crippen LogP contribution in [0.4, 0.5) is 5.00 Å². The predicted molar refractivity (Wildman–Crippen MR) is 81.7 cm³/mol. The van der Waals surface area contributed by atoms with Crippen molar-refractivity contribution < 1.29 is 9.72 Å². The second kappa shape index (κ2) is 7.14. The van der Waals surface area contributed by atoms with Gasteiger partial charge in [0.2, 0.25) is 0 Å². The minimum absolute atomic E-state index is 0.0177. The van der Waals surface area contributed by atoms with Crippen LogP contribution in [-0.4, -0.2) is 58.7 Å². The summed E-state index contributed by atoms with van der Waals surface area (Å²) in [5.41, 5.74) is 0. The number of carbonyl (C=O) groups is 1. The van der Waals surface area contributed by atoms with Crippen molar-refractivity contribution in [3.8, 4) is 0 Å². The molecule has 0 spiro atoms. The maximum absolute atomic E-state index is 12.3. The molecule has 20 heavy (non-hydrogen) atoms. The van der Waals surface area contributed by atoms with Gasteiger partial charge in [0, 0.05) is 37.6 Å². The SMILES string of the molecule is O=C(c1ccc([N+](=O)[O-])s1)N1CCCN(CCBr)CC1. The summed E-state index contributed by atoms with van der Waals surface area (Å²) in [5.74, 6) is -0.0937. The Balaban J connectivity index is 1.99. The zero-order chi connectivity index (χ0) is 14.5. The highest BCUT2D eigenvalue weighted by Crippen LogP contribution is 2.25. The maximum atomic E-state index is 12.3. The van der Waals surface area contributed by atoms with Gasteiger partial charge < -0.3 is 9.80 Å². The van der Waals surface area contributed by atoms with Crippen molar-refractivity contribution in [1.29, 1.82) is 0 Å². The van der Waals surface area contributed by atoms with Crippen LogP contribution in [0.3, 0.4) is 0 Å². The molecule has 1 aliphatic heterocycles. The van der Waals surface area contributed by atoms with Crippen LogP contribution >= 0.6 is 27.3 Å². The molecule has 1 fully saturated rings. The molecule has 0 bridgehead atoms. The molecule has 0 saturated carbocycles. The second-order valence-electron chi connectivity index (χ2n) is 4.57. The highest BCUT2D eigenvalue weighted by molar-refractivity contribution is 9.09. The minimum Gasteiger partial charge on any atom is -0.337 e. The second-order valence-corrected chi connectivity index (χ2v) is 6.43. The third kappa shape index (κ3) is 3.77. The summed E-state index contributed by atoms with van der Waals surface area (Å²) in [5, 5.41) is 11.6. The lowest BCUT2D eigenvalue weighted by Gasteiger charge is -2.20. The quantitative estimate of drug-likeness (QED) is 0.468.